The lowest BCUT2D eigenvalue weighted by atomic mass is 10.2. The van der Waals surface area contributed by atoms with Gasteiger partial charge < -0.3 is 15.0 Å². The highest BCUT2D eigenvalue weighted by atomic mass is 19.1. The number of H-pyrrole nitrogens is 1. The van der Waals surface area contributed by atoms with Gasteiger partial charge in [0.2, 0.25) is 0 Å². The first-order valence-electron chi connectivity index (χ1n) is 9.90. The predicted molar refractivity (Wildman–Crippen MR) is 119 cm³/mol. The number of fused-ring (bicyclic) bond motifs is 1. The first-order valence-corrected chi connectivity index (χ1v) is 9.90. The van der Waals surface area contributed by atoms with E-state index in [2.05, 4.69) is 20.4 Å². The highest BCUT2D eigenvalue weighted by Gasteiger charge is 2.13. The number of carbonyl (C=O) groups excluding carboxylic acids is 1. The second-order valence-corrected chi connectivity index (χ2v) is 7.21. The number of aromatic nitrogens is 4. The number of aromatic amines is 1. The van der Waals surface area contributed by atoms with Crippen molar-refractivity contribution in [3.05, 3.63) is 96.3 Å². The molecule has 158 valence electrons. The van der Waals surface area contributed by atoms with E-state index in [-0.39, 0.29) is 17.4 Å². The Balaban J connectivity index is 1.35. The van der Waals surface area contributed by atoms with Gasteiger partial charge in [0.1, 0.15) is 23.0 Å². The van der Waals surface area contributed by atoms with Crippen LogP contribution in [0.3, 0.4) is 0 Å². The number of nitrogens with one attached hydrogen (secondary N) is 2. The molecule has 0 bridgehead atoms. The summed E-state index contributed by atoms with van der Waals surface area (Å²) in [5, 5.41) is 8.00. The van der Waals surface area contributed by atoms with E-state index < -0.39 is 0 Å². The standard InChI is InChI=1S/C24H18FN5O2/c1-15-2-5-17(14-22(15)32-21-9-12-27-23-19(21)8-11-26-23)28-24(31)20-10-13-30(29-20)18-6-3-16(25)4-7-18/h2-14H,1H3,(H,26,27)(H,28,31). The minimum atomic E-state index is -0.363. The number of rotatable bonds is 5. The predicted octanol–water partition coefficient (Wildman–Crippen LogP) is 5.24. The van der Waals surface area contributed by atoms with Gasteiger partial charge in [-0.2, -0.15) is 5.10 Å². The Labute approximate surface area is 182 Å². The molecule has 0 atom stereocenters. The molecule has 2 N–H and O–H groups in total. The molecule has 3 aromatic heterocycles. The summed E-state index contributed by atoms with van der Waals surface area (Å²) in [6.45, 7) is 1.93. The summed E-state index contributed by atoms with van der Waals surface area (Å²) in [5.74, 6) is 0.590. The summed E-state index contributed by atoms with van der Waals surface area (Å²) in [4.78, 5) is 20.0. The average molecular weight is 427 g/mol. The number of halogens is 1. The maximum absolute atomic E-state index is 13.1. The summed E-state index contributed by atoms with van der Waals surface area (Å²) in [6.07, 6.45) is 5.13. The quantitative estimate of drug-likeness (QED) is 0.402. The largest absolute Gasteiger partial charge is 0.456 e. The summed E-state index contributed by atoms with van der Waals surface area (Å²) in [6, 6.07) is 16.6. The molecule has 32 heavy (non-hydrogen) atoms. The number of hydrogen-bond acceptors (Lipinski definition) is 4. The molecule has 5 rings (SSSR count). The zero-order chi connectivity index (χ0) is 22.1. The van der Waals surface area contributed by atoms with Gasteiger partial charge in [-0.1, -0.05) is 6.07 Å². The van der Waals surface area contributed by atoms with Crippen molar-refractivity contribution in [2.24, 2.45) is 0 Å². The van der Waals surface area contributed by atoms with Gasteiger partial charge in [-0.3, -0.25) is 4.79 Å². The van der Waals surface area contributed by atoms with Gasteiger partial charge in [0.05, 0.1) is 11.1 Å². The third kappa shape index (κ3) is 3.81. The van der Waals surface area contributed by atoms with Gasteiger partial charge in [0.25, 0.3) is 5.91 Å². The molecule has 0 fully saturated rings. The van der Waals surface area contributed by atoms with Crippen LogP contribution in [0.2, 0.25) is 0 Å². The first-order chi connectivity index (χ1) is 15.6. The molecule has 1 amide bonds. The molecule has 0 aliphatic carbocycles. The fourth-order valence-electron chi connectivity index (χ4n) is 3.31. The summed E-state index contributed by atoms with van der Waals surface area (Å²) < 4.78 is 20.8. The average Bonchev–Trinajstić information content (AvgIpc) is 3.47. The number of benzene rings is 2. The minimum Gasteiger partial charge on any atom is -0.456 e. The van der Waals surface area contributed by atoms with E-state index in [0.29, 0.717) is 22.9 Å². The van der Waals surface area contributed by atoms with Crippen molar-refractivity contribution in [1.29, 1.82) is 0 Å². The van der Waals surface area contributed by atoms with Gasteiger partial charge in [0.15, 0.2) is 5.69 Å². The molecule has 7 nitrogen and oxygen atoms in total. The van der Waals surface area contributed by atoms with Crippen molar-refractivity contribution in [2.75, 3.05) is 5.32 Å². The van der Waals surface area contributed by atoms with Crippen LogP contribution in [0.1, 0.15) is 16.1 Å². The van der Waals surface area contributed by atoms with Gasteiger partial charge in [0, 0.05) is 30.3 Å². The number of hydrogen-bond donors (Lipinski definition) is 2. The topological polar surface area (TPSA) is 84.8 Å². The fraction of sp³-hybridized carbons (Fsp3) is 0.0417. The Morgan fingerprint density at radius 3 is 2.75 bits per heavy atom. The van der Waals surface area contributed by atoms with Crippen LogP contribution >= 0.6 is 0 Å². The molecule has 0 spiro atoms. The lowest BCUT2D eigenvalue weighted by Gasteiger charge is -2.12. The Kier molecular flexibility index (Phi) is 4.87. The van der Waals surface area contributed by atoms with Crippen LogP contribution in [-0.4, -0.2) is 25.7 Å². The second kappa shape index (κ2) is 7.99. The van der Waals surface area contributed by atoms with Crippen molar-refractivity contribution < 1.29 is 13.9 Å². The van der Waals surface area contributed by atoms with Crippen LogP contribution in [0.15, 0.2) is 79.3 Å². The Hall–Kier alpha value is -4.46. The van der Waals surface area contributed by atoms with E-state index in [9.17, 15) is 9.18 Å². The summed E-state index contributed by atoms with van der Waals surface area (Å²) >= 11 is 0. The van der Waals surface area contributed by atoms with Crippen molar-refractivity contribution in [2.45, 2.75) is 6.92 Å². The van der Waals surface area contributed by atoms with E-state index in [1.807, 2.05) is 19.1 Å². The Morgan fingerprint density at radius 2 is 1.91 bits per heavy atom. The molecule has 0 aliphatic heterocycles. The molecule has 0 unspecified atom stereocenters. The van der Waals surface area contributed by atoms with Crippen molar-refractivity contribution in [1.82, 2.24) is 19.7 Å². The summed E-state index contributed by atoms with van der Waals surface area (Å²) in [5.41, 5.74) is 3.13. The highest BCUT2D eigenvalue weighted by Crippen LogP contribution is 2.32. The van der Waals surface area contributed by atoms with Gasteiger partial charge in [-0.15, -0.1) is 0 Å². The fourth-order valence-corrected chi connectivity index (χ4v) is 3.31. The third-order valence-electron chi connectivity index (χ3n) is 5.00. The molecule has 2 aromatic carbocycles. The number of pyridine rings is 1. The van der Waals surface area contributed by atoms with Crippen LogP contribution in [0.4, 0.5) is 10.1 Å². The molecular weight excluding hydrogens is 409 g/mol. The monoisotopic (exact) mass is 427 g/mol. The van der Waals surface area contributed by atoms with Crippen molar-refractivity contribution >= 4 is 22.6 Å². The van der Waals surface area contributed by atoms with E-state index in [0.717, 1.165) is 16.6 Å². The number of aryl methyl sites for hydroxylation is 1. The summed E-state index contributed by atoms with van der Waals surface area (Å²) in [7, 11) is 0. The number of nitrogens with zero attached hydrogens (tertiary/aromatic N) is 3. The van der Waals surface area contributed by atoms with Crippen molar-refractivity contribution in [3.63, 3.8) is 0 Å². The zero-order valence-corrected chi connectivity index (χ0v) is 17.0. The molecule has 0 saturated carbocycles. The van der Waals surface area contributed by atoms with Crippen LogP contribution in [0.5, 0.6) is 11.5 Å². The van der Waals surface area contributed by atoms with Gasteiger partial charge in [-0.05, 0) is 61.0 Å². The second-order valence-electron chi connectivity index (χ2n) is 7.21. The van der Waals surface area contributed by atoms with Gasteiger partial charge >= 0.3 is 0 Å². The highest BCUT2D eigenvalue weighted by molar-refractivity contribution is 6.03. The molecule has 3 heterocycles. The van der Waals surface area contributed by atoms with E-state index >= 15 is 0 Å². The lowest BCUT2D eigenvalue weighted by Crippen LogP contribution is -2.13. The third-order valence-corrected chi connectivity index (χ3v) is 5.00. The van der Waals surface area contributed by atoms with E-state index in [1.165, 1.54) is 16.8 Å². The zero-order valence-electron chi connectivity index (χ0n) is 17.0. The minimum absolute atomic E-state index is 0.237. The maximum Gasteiger partial charge on any atom is 0.276 e. The van der Waals surface area contributed by atoms with Crippen LogP contribution < -0.4 is 10.1 Å². The Bertz CT molecular complexity index is 1420. The van der Waals surface area contributed by atoms with Crippen LogP contribution in [0, 0.1) is 12.7 Å². The molecule has 0 saturated heterocycles. The van der Waals surface area contributed by atoms with Crippen LogP contribution in [0.25, 0.3) is 16.7 Å². The SMILES string of the molecule is Cc1ccc(NC(=O)c2ccn(-c3ccc(F)cc3)n2)cc1Oc1ccnc2[nH]ccc12. The van der Waals surface area contributed by atoms with Crippen molar-refractivity contribution in [3.8, 4) is 17.2 Å². The molecule has 8 heteroatoms. The molecule has 5 aromatic rings. The molecule has 0 radical (unpaired) electrons. The number of ether oxygens (including phenoxy) is 1. The van der Waals surface area contributed by atoms with E-state index in [4.69, 9.17) is 4.74 Å². The molecular formula is C24H18FN5O2. The Morgan fingerprint density at radius 1 is 1.06 bits per heavy atom. The lowest BCUT2D eigenvalue weighted by molar-refractivity contribution is 0.102. The smallest absolute Gasteiger partial charge is 0.276 e. The first kappa shape index (κ1) is 19.5. The van der Waals surface area contributed by atoms with Crippen LogP contribution in [-0.2, 0) is 0 Å². The van der Waals surface area contributed by atoms with Gasteiger partial charge in [-0.25, -0.2) is 14.1 Å². The molecule has 0 aliphatic rings. The van der Waals surface area contributed by atoms with E-state index in [1.54, 1.807) is 55.0 Å². The normalized spacial score (nSPS) is 10.9. The maximum atomic E-state index is 13.1. The number of amides is 1. The number of anilines is 1. The number of carbonyl (C=O) groups is 1.